The van der Waals surface area contributed by atoms with E-state index in [1.54, 1.807) is 16.2 Å². The molecule has 0 aliphatic heterocycles. The summed E-state index contributed by atoms with van der Waals surface area (Å²) >= 11 is 13.0. The molecule has 2 nitrogen and oxygen atoms in total. The molecule has 1 heterocycles. The number of carbonyl (C=O) groups excluding carboxylic acids is 1. The van der Waals surface area contributed by atoms with E-state index in [0.29, 0.717) is 24.8 Å². The molecule has 18 heavy (non-hydrogen) atoms. The summed E-state index contributed by atoms with van der Waals surface area (Å²) in [5, 5.41) is 2.91. The number of thiophene rings is 1. The van der Waals surface area contributed by atoms with E-state index >= 15 is 0 Å². The molecule has 2 rings (SSSR count). The normalized spacial score (nSPS) is 10.8. The minimum Gasteiger partial charge on any atom is -0.336 e. The van der Waals surface area contributed by atoms with E-state index in [-0.39, 0.29) is 5.91 Å². The lowest BCUT2D eigenvalue weighted by Gasteiger charge is -2.20. The molecule has 1 aromatic heterocycles. The van der Waals surface area contributed by atoms with Crippen LogP contribution in [0.3, 0.4) is 0 Å². The van der Waals surface area contributed by atoms with Gasteiger partial charge >= 0.3 is 0 Å². The summed E-state index contributed by atoms with van der Waals surface area (Å²) in [6.45, 7) is 1.05. The summed E-state index contributed by atoms with van der Waals surface area (Å²) in [6.07, 6.45) is 0. The molecule has 96 valence electrons. The average Bonchev–Trinajstić information content (AvgIpc) is 2.81. The molecular formula is C13H13Cl2NOS. The summed E-state index contributed by atoms with van der Waals surface area (Å²) in [5.41, 5.74) is 0.742. The summed E-state index contributed by atoms with van der Waals surface area (Å²) in [6, 6.07) is 7.91. The molecule has 0 bridgehead atoms. The van der Waals surface area contributed by atoms with Crippen LogP contribution in [0.2, 0.25) is 0 Å². The first kappa shape index (κ1) is 13.7. The van der Waals surface area contributed by atoms with Crippen LogP contribution in [0.5, 0.6) is 0 Å². The van der Waals surface area contributed by atoms with Gasteiger partial charge in [-0.1, -0.05) is 18.2 Å². The molecule has 0 spiro atoms. The number of amides is 1. The van der Waals surface area contributed by atoms with Gasteiger partial charge in [-0.05, 0) is 6.07 Å². The number of hydrogen-bond donors (Lipinski definition) is 0. The Kier molecular flexibility index (Phi) is 4.87. The fourth-order valence-electron chi connectivity index (χ4n) is 1.83. The van der Waals surface area contributed by atoms with Crippen molar-refractivity contribution in [2.45, 2.75) is 0 Å². The maximum Gasteiger partial charge on any atom is 0.255 e. The van der Waals surface area contributed by atoms with Gasteiger partial charge in [0.1, 0.15) is 0 Å². The molecule has 0 saturated carbocycles. The van der Waals surface area contributed by atoms with E-state index < -0.39 is 0 Å². The highest BCUT2D eigenvalue weighted by Crippen LogP contribution is 2.26. The topological polar surface area (TPSA) is 20.3 Å². The number of carbonyl (C=O) groups is 1. The third-order valence-corrected chi connectivity index (χ3v) is 4.01. The molecule has 0 fully saturated rings. The number of benzene rings is 1. The molecule has 1 aromatic carbocycles. The molecule has 0 aliphatic rings. The molecule has 0 radical (unpaired) electrons. The maximum absolute atomic E-state index is 12.4. The van der Waals surface area contributed by atoms with Gasteiger partial charge in [-0.25, -0.2) is 0 Å². The van der Waals surface area contributed by atoms with Crippen LogP contribution in [0.15, 0.2) is 29.6 Å². The van der Waals surface area contributed by atoms with Gasteiger partial charge in [0.15, 0.2) is 0 Å². The summed E-state index contributed by atoms with van der Waals surface area (Å²) < 4.78 is 1.12. The predicted molar refractivity (Wildman–Crippen MR) is 79.2 cm³/mol. The van der Waals surface area contributed by atoms with Crippen LogP contribution in [0.25, 0.3) is 10.1 Å². The second kappa shape index (κ2) is 6.41. The lowest BCUT2D eigenvalue weighted by Crippen LogP contribution is -2.34. The van der Waals surface area contributed by atoms with E-state index in [2.05, 4.69) is 0 Å². The summed E-state index contributed by atoms with van der Waals surface area (Å²) in [7, 11) is 0. The molecule has 0 atom stereocenters. The number of fused-ring (bicyclic) bond motifs is 1. The van der Waals surface area contributed by atoms with Gasteiger partial charge in [-0.2, -0.15) is 0 Å². The molecule has 5 heteroatoms. The molecule has 1 amide bonds. The third kappa shape index (κ3) is 2.79. The van der Waals surface area contributed by atoms with Gasteiger partial charge in [0.05, 0.1) is 5.56 Å². The van der Waals surface area contributed by atoms with Gasteiger partial charge in [0.25, 0.3) is 5.91 Å². The monoisotopic (exact) mass is 301 g/mol. The molecule has 2 aromatic rings. The highest BCUT2D eigenvalue weighted by molar-refractivity contribution is 7.17. The van der Waals surface area contributed by atoms with Crippen LogP contribution in [-0.4, -0.2) is 35.7 Å². The van der Waals surface area contributed by atoms with Gasteiger partial charge < -0.3 is 4.90 Å². The van der Waals surface area contributed by atoms with Crippen molar-refractivity contribution in [3.8, 4) is 0 Å². The minimum absolute atomic E-state index is 0.00810. The van der Waals surface area contributed by atoms with E-state index in [1.165, 1.54) is 0 Å². The van der Waals surface area contributed by atoms with Crippen LogP contribution in [-0.2, 0) is 0 Å². The predicted octanol–water partition coefficient (Wildman–Crippen LogP) is 3.82. The smallest absolute Gasteiger partial charge is 0.255 e. The number of halogens is 2. The van der Waals surface area contributed by atoms with Crippen molar-refractivity contribution in [2.24, 2.45) is 0 Å². The highest BCUT2D eigenvalue weighted by atomic mass is 35.5. The largest absolute Gasteiger partial charge is 0.336 e. The minimum atomic E-state index is 0.00810. The standard InChI is InChI=1S/C13H13Cl2NOS/c14-5-7-16(8-6-15)13(17)11-9-18-12-4-2-1-3-10(11)12/h1-4,9H,5-8H2. The number of nitrogens with zero attached hydrogens (tertiary/aromatic N) is 1. The van der Waals surface area contributed by atoms with E-state index in [9.17, 15) is 4.79 Å². The van der Waals surface area contributed by atoms with Gasteiger partial charge in [-0.3, -0.25) is 4.79 Å². The van der Waals surface area contributed by atoms with Crippen molar-refractivity contribution >= 4 is 50.5 Å². The Labute approximate surface area is 120 Å². The first-order valence-electron chi connectivity index (χ1n) is 5.65. The van der Waals surface area contributed by atoms with Crippen LogP contribution in [0.1, 0.15) is 10.4 Å². The highest BCUT2D eigenvalue weighted by Gasteiger charge is 2.18. The van der Waals surface area contributed by atoms with Gasteiger partial charge in [0, 0.05) is 40.3 Å². The first-order chi connectivity index (χ1) is 8.77. The third-order valence-electron chi connectivity index (χ3n) is 2.71. The van der Waals surface area contributed by atoms with Crippen LogP contribution in [0, 0.1) is 0 Å². The number of alkyl halides is 2. The summed E-state index contributed by atoms with van der Waals surface area (Å²) in [4.78, 5) is 14.1. The average molecular weight is 302 g/mol. The molecule has 0 saturated heterocycles. The SMILES string of the molecule is O=C(c1csc2ccccc12)N(CCCl)CCCl. The van der Waals surface area contributed by atoms with Crippen molar-refractivity contribution in [2.75, 3.05) is 24.8 Å². The van der Waals surface area contributed by atoms with Crippen LogP contribution in [0.4, 0.5) is 0 Å². The Morgan fingerprint density at radius 1 is 1.17 bits per heavy atom. The van der Waals surface area contributed by atoms with Crippen molar-refractivity contribution in [1.82, 2.24) is 4.90 Å². The van der Waals surface area contributed by atoms with Crippen molar-refractivity contribution in [3.63, 3.8) is 0 Å². The van der Waals surface area contributed by atoms with Crippen LogP contribution < -0.4 is 0 Å². The maximum atomic E-state index is 12.4. The van der Waals surface area contributed by atoms with Gasteiger partial charge in [-0.15, -0.1) is 34.5 Å². The fraction of sp³-hybridized carbons (Fsp3) is 0.308. The second-order valence-corrected chi connectivity index (χ2v) is 5.48. The number of hydrogen-bond acceptors (Lipinski definition) is 2. The van der Waals surface area contributed by atoms with E-state index in [0.717, 1.165) is 15.6 Å². The van der Waals surface area contributed by atoms with E-state index in [1.807, 2.05) is 29.6 Å². The van der Waals surface area contributed by atoms with Crippen LogP contribution >= 0.6 is 34.5 Å². The zero-order chi connectivity index (χ0) is 13.0. The van der Waals surface area contributed by atoms with Gasteiger partial charge in [0.2, 0.25) is 0 Å². The molecule has 0 aliphatic carbocycles. The van der Waals surface area contributed by atoms with Crippen molar-refractivity contribution < 1.29 is 4.79 Å². The quantitative estimate of drug-likeness (QED) is 0.769. The lowest BCUT2D eigenvalue weighted by atomic mass is 10.1. The Morgan fingerprint density at radius 3 is 2.50 bits per heavy atom. The van der Waals surface area contributed by atoms with Crippen molar-refractivity contribution in [1.29, 1.82) is 0 Å². The van der Waals surface area contributed by atoms with Crippen molar-refractivity contribution in [3.05, 3.63) is 35.2 Å². The zero-order valence-electron chi connectivity index (χ0n) is 9.73. The lowest BCUT2D eigenvalue weighted by molar-refractivity contribution is 0.0777. The zero-order valence-corrected chi connectivity index (χ0v) is 12.1. The molecular weight excluding hydrogens is 289 g/mol. The second-order valence-electron chi connectivity index (χ2n) is 3.82. The Hall–Kier alpha value is -0.770. The Morgan fingerprint density at radius 2 is 1.83 bits per heavy atom. The first-order valence-corrected chi connectivity index (χ1v) is 7.60. The summed E-state index contributed by atoms with van der Waals surface area (Å²) in [5.74, 6) is 0.851. The van der Waals surface area contributed by atoms with E-state index in [4.69, 9.17) is 23.2 Å². The molecule has 0 N–H and O–H groups in total. The number of rotatable bonds is 5. The Bertz CT molecular complexity index is 535. The Balaban J connectivity index is 2.31. The molecule has 0 unspecified atom stereocenters. The fourth-order valence-corrected chi connectivity index (χ4v) is 3.18.